The molecule has 1 aliphatic heterocycles. The number of aryl methyl sites for hydroxylation is 2. The minimum Gasteiger partial charge on any atom is -0.459 e. The Hall–Kier alpha value is -2.90. The number of carbonyl (C=O) groups excluding carboxylic acids is 1. The minimum atomic E-state index is -0.171. The van der Waals surface area contributed by atoms with E-state index in [2.05, 4.69) is 25.2 Å². The summed E-state index contributed by atoms with van der Waals surface area (Å²) < 4.78 is 9.02. The molecule has 0 aromatic carbocycles. The molecule has 0 aliphatic carbocycles. The van der Waals surface area contributed by atoms with Crippen LogP contribution < -0.4 is 5.32 Å². The molecule has 8 nitrogen and oxygen atoms in total. The maximum absolute atomic E-state index is 12.1. The monoisotopic (exact) mass is 326 g/mol. The van der Waals surface area contributed by atoms with Crippen LogP contribution in [-0.4, -0.2) is 36.5 Å². The standard InChI is InChI=1S/C16H18N6O2/c1-21-10-11(9-17-21)15-20-19-14-5-4-12(6-7-22(14)15)18-16(23)13-3-2-8-24-13/h2-3,8-10,12H,4-7H2,1H3,(H,18,23). The Bertz CT molecular complexity index is 848. The Morgan fingerprint density at radius 3 is 3.04 bits per heavy atom. The zero-order chi connectivity index (χ0) is 16.5. The lowest BCUT2D eigenvalue weighted by Gasteiger charge is -2.15. The van der Waals surface area contributed by atoms with Gasteiger partial charge in [0.25, 0.3) is 5.91 Å². The highest BCUT2D eigenvalue weighted by Crippen LogP contribution is 2.22. The molecule has 0 fully saturated rings. The number of nitrogens with one attached hydrogen (secondary N) is 1. The maximum atomic E-state index is 12.1. The molecule has 1 unspecified atom stereocenters. The highest BCUT2D eigenvalue weighted by Gasteiger charge is 2.23. The van der Waals surface area contributed by atoms with Gasteiger partial charge in [-0.3, -0.25) is 9.48 Å². The largest absolute Gasteiger partial charge is 0.459 e. The van der Waals surface area contributed by atoms with Crippen LogP contribution in [0.1, 0.15) is 29.2 Å². The van der Waals surface area contributed by atoms with Gasteiger partial charge in [-0.15, -0.1) is 10.2 Å². The number of furan rings is 1. The van der Waals surface area contributed by atoms with Gasteiger partial charge in [-0.25, -0.2) is 0 Å². The predicted molar refractivity (Wildman–Crippen MR) is 85.1 cm³/mol. The molecule has 4 rings (SSSR count). The number of nitrogens with zero attached hydrogens (tertiary/aromatic N) is 5. The normalized spacial score (nSPS) is 17.3. The molecule has 3 aromatic rings. The molecule has 0 bridgehead atoms. The van der Waals surface area contributed by atoms with Crippen molar-refractivity contribution in [2.45, 2.75) is 31.8 Å². The zero-order valence-corrected chi connectivity index (χ0v) is 13.3. The number of fused-ring (bicyclic) bond motifs is 1. The lowest BCUT2D eigenvalue weighted by atomic mass is 10.1. The molecule has 1 N–H and O–H groups in total. The molecule has 4 heterocycles. The van der Waals surface area contributed by atoms with Crippen LogP contribution in [-0.2, 0) is 20.0 Å². The summed E-state index contributed by atoms with van der Waals surface area (Å²) in [6.45, 7) is 0.760. The molecule has 1 amide bonds. The molecule has 0 radical (unpaired) electrons. The van der Waals surface area contributed by atoms with Crippen LogP contribution in [0, 0.1) is 0 Å². The van der Waals surface area contributed by atoms with Gasteiger partial charge in [-0.05, 0) is 25.0 Å². The number of hydrogen-bond acceptors (Lipinski definition) is 5. The Kier molecular flexibility index (Phi) is 3.64. The van der Waals surface area contributed by atoms with Crippen LogP contribution in [0.15, 0.2) is 35.2 Å². The van der Waals surface area contributed by atoms with Gasteiger partial charge in [0.15, 0.2) is 11.6 Å². The lowest BCUT2D eigenvalue weighted by Crippen LogP contribution is -2.35. The second-order valence-electron chi connectivity index (χ2n) is 5.97. The van der Waals surface area contributed by atoms with Gasteiger partial charge in [0.05, 0.1) is 18.0 Å². The van der Waals surface area contributed by atoms with Crippen LogP contribution in [0.4, 0.5) is 0 Å². The smallest absolute Gasteiger partial charge is 0.287 e. The van der Waals surface area contributed by atoms with Gasteiger partial charge in [0.2, 0.25) is 0 Å². The molecule has 8 heteroatoms. The van der Waals surface area contributed by atoms with Crippen molar-refractivity contribution >= 4 is 5.91 Å². The Morgan fingerprint density at radius 1 is 1.38 bits per heavy atom. The number of aromatic nitrogens is 5. The van der Waals surface area contributed by atoms with Gasteiger partial charge in [-0.2, -0.15) is 5.10 Å². The molecule has 1 atom stereocenters. The van der Waals surface area contributed by atoms with Crippen LogP contribution in [0.5, 0.6) is 0 Å². The van der Waals surface area contributed by atoms with Crippen molar-refractivity contribution in [1.29, 1.82) is 0 Å². The fourth-order valence-corrected chi connectivity index (χ4v) is 3.05. The van der Waals surface area contributed by atoms with E-state index in [0.717, 1.165) is 43.0 Å². The van der Waals surface area contributed by atoms with Crippen molar-refractivity contribution in [3.8, 4) is 11.4 Å². The quantitative estimate of drug-likeness (QED) is 0.786. The third kappa shape index (κ3) is 2.70. The number of carbonyl (C=O) groups is 1. The fourth-order valence-electron chi connectivity index (χ4n) is 3.05. The summed E-state index contributed by atoms with van der Waals surface area (Å²) in [6, 6.07) is 3.47. The van der Waals surface area contributed by atoms with Gasteiger partial charge in [0, 0.05) is 32.3 Å². The Labute approximate surface area is 138 Å². The first-order valence-corrected chi connectivity index (χ1v) is 7.96. The van der Waals surface area contributed by atoms with Crippen LogP contribution in [0.3, 0.4) is 0 Å². The average molecular weight is 326 g/mol. The third-order valence-corrected chi connectivity index (χ3v) is 4.29. The summed E-state index contributed by atoms with van der Waals surface area (Å²) in [5, 5.41) is 15.9. The van der Waals surface area contributed by atoms with E-state index in [1.54, 1.807) is 23.0 Å². The summed E-state index contributed by atoms with van der Waals surface area (Å²) in [4.78, 5) is 12.1. The molecule has 0 saturated heterocycles. The summed E-state index contributed by atoms with van der Waals surface area (Å²) in [5.74, 6) is 1.95. The van der Waals surface area contributed by atoms with Crippen molar-refractivity contribution in [3.63, 3.8) is 0 Å². The van der Waals surface area contributed by atoms with Crippen LogP contribution in [0.2, 0.25) is 0 Å². The van der Waals surface area contributed by atoms with Crippen LogP contribution in [0.25, 0.3) is 11.4 Å². The second kappa shape index (κ2) is 5.95. The van der Waals surface area contributed by atoms with E-state index in [1.807, 2.05) is 13.2 Å². The fraction of sp³-hybridized carbons (Fsp3) is 0.375. The summed E-state index contributed by atoms with van der Waals surface area (Å²) in [7, 11) is 1.88. The van der Waals surface area contributed by atoms with E-state index in [0.29, 0.717) is 5.76 Å². The van der Waals surface area contributed by atoms with Crippen molar-refractivity contribution in [2.24, 2.45) is 7.05 Å². The van der Waals surface area contributed by atoms with Crippen LogP contribution >= 0.6 is 0 Å². The SMILES string of the molecule is Cn1cc(-c2nnc3n2CCC(NC(=O)c2ccco2)CC3)cn1. The average Bonchev–Trinajstić information content (AvgIpc) is 3.29. The van der Waals surface area contributed by atoms with Gasteiger partial charge in [0.1, 0.15) is 5.82 Å². The molecule has 1 aliphatic rings. The van der Waals surface area contributed by atoms with Crippen molar-refractivity contribution in [3.05, 3.63) is 42.4 Å². The van der Waals surface area contributed by atoms with E-state index < -0.39 is 0 Å². The molecule has 124 valence electrons. The topological polar surface area (TPSA) is 90.8 Å². The number of rotatable bonds is 3. The first kappa shape index (κ1) is 14.7. The zero-order valence-electron chi connectivity index (χ0n) is 13.3. The minimum absolute atomic E-state index is 0.0889. The van der Waals surface area contributed by atoms with E-state index in [4.69, 9.17) is 4.42 Å². The Balaban J connectivity index is 1.48. The summed E-state index contributed by atoms with van der Waals surface area (Å²) in [5.41, 5.74) is 0.953. The highest BCUT2D eigenvalue weighted by atomic mass is 16.3. The van der Waals surface area contributed by atoms with Crippen molar-refractivity contribution in [1.82, 2.24) is 29.9 Å². The van der Waals surface area contributed by atoms with E-state index >= 15 is 0 Å². The number of hydrogen-bond donors (Lipinski definition) is 1. The summed E-state index contributed by atoms with van der Waals surface area (Å²) >= 11 is 0. The van der Waals surface area contributed by atoms with E-state index in [9.17, 15) is 4.79 Å². The van der Waals surface area contributed by atoms with E-state index in [-0.39, 0.29) is 11.9 Å². The molecule has 0 saturated carbocycles. The maximum Gasteiger partial charge on any atom is 0.287 e. The highest BCUT2D eigenvalue weighted by molar-refractivity contribution is 5.91. The van der Waals surface area contributed by atoms with Crippen molar-refractivity contribution < 1.29 is 9.21 Å². The van der Waals surface area contributed by atoms with E-state index in [1.165, 1.54) is 6.26 Å². The first-order chi connectivity index (χ1) is 11.7. The first-order valence-electron chi connectivity index (χ1n) is 7.96. The van der Waals surface area contributed by atoms with Gasteiger partial charge >= 0.3 is 0 Å². The van der Waals surface area contributed by atoms with Gasteiger partial charge < -0.3 is 14.3 Å². The second-order valence-corrected chi connectivity index (χ2v) is 5.97. The van der Waals surface area contributed by atoms with Gasteiger partial charge in [-0.1, -0.05) is 0 Å². The molecule has 3 aromatic heterocycles. The number of amides is 1. The van der Waals surface area contributed by atoms with Crippen molar-refractivity contribution in [2.75, 3.05) is 0 Å². The Morgan fingerprint density at radius 2 is 2.29 bits per heavy atom. The lowest BCUT2D eigenvalue weighted by molar-refractivity contribution is 0.0905. The third-order valence-electron chi connectivity index (χ3n) is 4.29. The molecule has 0 spiro atoms. The molecular weight excluding hydrogens is 308 g/mol. The molecular formula is C16H18N6O2. The predicted octanol–water partition coefficient (Wildman–Crippen LogP) is 1.41. The molecule has 24 heavy (non-hydrogen) atoms. The summed E-state index contributed by atoms with van der Waals surface area (Å²) in [6.07, 6.45) is 7.65.